The van der Waals surface area contributed by atoms with E-state index in [2.05, 4.69) is 12.2 Å². The third-order valence-corrected chi connectivity index (χ3v) is 3.21. The minimum Gasteiger partial charge on any atom is -0.345 e. The molecule has 5 heteroatoms. The molecule has 0 spiro atoms. The molecule has 116 valence electrons. The lowest BCUT2D eigenvalue weighted by Crippen LogP contribution is -2.29. The van der Waals surface area contributed by atoms with Crippen LogP contribution in [0, 0.1) is 0 Å². The van der Waals surface area contributed by atoms with Crippen LogP contribution >= 0.6 is 0 Å². The van der Waals surface area contributed by atoms with Gasteiger partial charge in [0.05, 0.1) is 6.42 Å². The minimum atomic E-state index is -0.182. The number of nitrogens with zero attached hydrogens (tertiary/aromatic N) is 2. The van der Waals surface area contributed by atoms with Crippen molar-refractivity contribution in [3.63, 3.8) is 0 Å². The second kappa shape index (κ2) is 8.29. The Bertz CT molecular complexity index is 486. The van der Waals surface area contributed by atoms with Crippen LogP contribution in [0.3, 0.4) is 0 Å². The molecule has 0 heterocycles. The van der Waals surface area contributed by atoms with Gasteiger partial charge in [0.15, 0.2) is 0 Å². The quantitative estimate of drug-likeness (QED) is 0.876. The minimum absolute atomic E-state index is 0.0968. The molecule has 1 aromatic rings. The predicted octanol–water partition coefficient (Wildman–Crippen LogP) is 2.58. The van der Waals surface area contributed by atoms with Crippen molar-refractivity contribution in [2.75, 3.05) is 33.0 Å². The van der Waals surface area contributed by atoms with Crippen molar-refractivity contribution < 1.29 is 9.59 Å². The molecule has 0 fully saturated rings. The molecular weight excluding hydrogens is 266 g/mol. The van der Waals surface area contributed by atoms with E-state index in [1.54, 1.807) is 19.0 Å². The zero-order chi connectivity index (χ0) is 15.8. The van der Waals surface area contributed by atoms with Crippen molar-refractivity contribution in [2.45, 2.75) is 26.2 Å². The zero-order valence-corrected chi connectivity index (χ0v) is 13.3. The number of nitrogens with one attached hydrogen (secondary N) is 1. The standard InChI is InChI=1S/C16H25N3O2/c1-5-6-10-19(4)15(20)12-13-8-7-9-14(11-13)17-16(21)18(2)3/h7-9,11H,5-6,10,12H2,1-4H3,(H,17,21). The van der Waals surface area contributed by atoms with E-state index in [1.165, 1.54) is 4.90 Å². The van der Waals surface area contributed by atoms with Crippen molar-refractivity contribution >= 4 is 17.6 Å². The summed E-state index contributed by atoms with van der Waals surface area (Å²) >= 11 is 0. The van der Waals surface area contributed by atoms with Crippen molar-refractivity contribution in [3.8, 4) is 0 Å². The molecule has 21 heavy (non-hydrogen) atoms. The Labute approximate surface area is 126 Å². The fourth-order valence-electron chi connectivity index (χ4n) is 1.82. The summed E-state index contributed by atoms with van der Waals surface area (Å²) < 4.78 is 0. The van der Waals surface area contributed by atoms with Crippen LogP contribution in [0.15, 0.2) is 24.3 Å². The molecule has 0 aromatic heterocycles. The third-order valence-electron chi connectivity index (χ3n) is 3.21. The molecule has 0 unspecified atom stereocenters. The van der Waals surface area contributed by atoms with Crippen LogP contribution in [-0.4, -0.2) is 49.4 Å². The van der Waals surface area contributed by atoms with E-state index >= 15 is 0 Å². The Hall–Kier alpha value is -2.04. The lowest BCUT2D eigenvalue weighted by molar-refractivity contribution is -0.129. The summed E-state index contributed by atoms with van der Waals surface area (Å²) in [5.74, 6) is 0.0968. The van der Waals surface area contributed by atoms with E-state index in [4.69, 9.17) is 0 Å². The Balaban J connectivity index is 2.64. The van der Waals surface area contributed by atoms with Crippen LogP contribution < -0.4 is 5.32 Å². The first-order valence-electron chi connectivity index (χ1n) is 7.25. The first kappa shape index (κ1) is 17.0. The average molecular weight is 291 g/mol. The van der Waals surface area contributed by atoms with Gasteiger partial charge in [-0.25, -0.2) is 4.79 Å². The number of rotatable bonds is 6. The van der Waals surface area contributed by atoms with E-state index in [9.17, 15) is 9.59 Å². The van der Waals surface area contributed by atoms with Crippen LogP contribution in [0.5, 0.6) is 0 Å². The molecule has 0 bridgehead atoms. The van der Waals surface area contributed by atoms with Gasteiger partial charge in [-0.3, -0.25) is 4.79 Å². The van der Waals surface area contributed by atoms with Crippen LogP contribution in [0.4, 0.5) is 10.5 Å². The van der Waals surface area contributed by atoms with E-state index in [0.717, 1.165) is 24.9 Å². The highest BCUT2D eigenvalue weighted by atomic mass is 16.2. The van der Waals surface area contributed by atoms with E-state index < -0.39 is 0 Å². The normalized spacial score (nSPS) is 10.1. The number of carbonyl (C=O) groups is 2. The van der Waals surface area contributed by atoms with Gasteiger partial charge in [-0.15, -0.1) is 0 Å². The van der Waals surface area contributed by atoms with Gasteiger partial charge in [0.1, 0.15) is 0 Å². The Kier molecular flexibility index (Phi) is 6.72. The molecule has 3 amide bonds. The van der Waals surface area contributed by atoms with Gasteiger partial charge < -0.3 is 15.1 Å². The van der Waals surface area contributed by atoms with Gasteiger partial charge in [-0.1, -0.05) is 25.5 Å². The van der Waals surface area contributed by atoms with Crippen LogP contribution in [-0.2, 0) is 11.2 Å². The lowest BCUT2D eigenvalue weighted by atomic mass is 10.1. The first-order valence-corrected chi connectivity index (χ1v) is 7.25. The maximum absolute atomic E-state index is 12.1. The summed E-state index contributed by atoms with van der Waals surface area (Å²) in [5.41, 5.74) is 1.61. The Morgan fingerprint density at radius 2 is 1.90 bits per heavy atom. The van der Waals surface area contributed by atoms with Gasteiger partial charge in [0.2, 0.25) is 5.91 Å². The van der Waals surface area contributed by atoms with Crippen molar-refractivity contribution in [1.29, 1.82) is 0 Å². The molecule has 1 rings (SSSR count). The SMILES string of the molecule is CCCCN(C)C(=O)Cc1cccc(NC(=O)N(C)C)c1. The highest BCUT2D eigenvalue weighted by Gasteiger charge is 2.10. The van der Waals surface area contributed by atoms with Crippen molar-refractivity contribution in [2.24, 2.45) is 0 Å². The molecule has 0 saturated carbocycles. The fraction of sp³-hybridized carbons (Fsp3) is 0.500. The van der Waals surface area contributed by atoms with Gasteiger partial charge in [-0.05, 0) is 24.1 Å². The maximum atomic E-state index is 12.1. The summed E-state index contributed by atoms with van der Waals surface area (Å²) in [6.45, 7) is 2.89. The topological polar surface area (TPSA) is 52.7 Å². The van der Waals surface area contributed by atoms with Gasteiger partial charge in [0, 0.05) is 33.4 Å². The molecule has 0 saturated heterocycles. The lowest BCUT2D eigenvalue weighted by Gasteiger charge is -2.17. The largest absolute Gasteiger partial charge is 0.345 e. The van der Waals surface area contributed by atoms with Gasteiger partial charge in [0.25, 0.3) is 0 Å². The number of urea groups is 1. The Morgan fingerprint density at radius 3 is 2.52 bits per heavy atom. The fourth-order valence-corrected chi connectivity index (χ4v) is 1.82. The van der Waals surface area contributed by atoms with Crippen LogP contribution in [0.2, 0.25) is 0 Å². The van der Waals surface area contributed by atoms with Crippen molar-refractivity contribution in [1.82, 2.24) is 9.80 Å². The molecule has 0 atom stereocenters. The van der Waals surface area contributed by atoms with Gasteiger partial charge in [-0.2, -0.15) is 0 Å². The predicted molar refractivity (Wildman–Crippen MR) is 85.4 cm³/mol. The third kappa shape index (κ3) is 5.85. The summed E-state index contributed by atoms with van der Waals surface area (Å²) in [6.07, 6.45) is 2.44. The number of carbonyl (C=O) groups excluding carboxylic acids is 2. The average Bonchev–Trinajstić information content (AvgIpc) is 2.44. The monoisotopic (exact) mass is 291 g/mol. The van der Waals surface area contributed by atoms with E-state index in [1.807, 2.05) is 31.3 Å². The molecule has 0 aliphatic heterocycles. The van der Waals surface area contributed by atoms with Gasteiger partial charge >= 0.3 is 6.03 Å². The molecule has 0 aliphatic rings. The summed E-state index contributed by atoms with van der Waals surface area (Å²) in [5, 5.41) is 2.78. The van der Waals surface area contributed by atoms with Crippen LogP contribution in [0.1, 0.15) is 25.3 Å². The molecular formula is C16H25N3O2. The molecule has 0 aliphatic carbocycles. The van der Waals surface area contributed by atoms with Crippen molar-refractivity contribution in [3.05, 3.63) is 29.8 Å². The number of amides is 3. The highest BCUT2D eigenvalue weighted by molar-refractivity contribution is 5.89. The molecule has 0 radical (unpaired) electrons. The Morgan fingerprint density at radius 1 is 1.19 bits per heavy atom. The number of anilines is 1. The first-order chi connectivity index (χ1) is 9.93. The smallest absolute Gasteiger partial charge is 0.321 e. The van der Waals surface area contributed by atoms with Crippen LogP contribution in [0.25, 0.3) is 0 Å². The van der Waals surface area contributed by atoms with E-state index in [-0.39, 0.29) is 11.9 Å². The maximum Gasteiger partial charge on any atom is 0.321 e. The molecule has 1 N–H and O–H groups in total. The zero-order valence-electron chi connectivity index (χ0n) is 13.3. The number of unbranched alkanes of at least 4 members (excludes halogenated alkanes) is 1. The van der Waals surface area contributed by atoms with E-state index in [0.29, 0.717) is 12.1 Å². The number of likely N-dealkylation sites (N-methyl/N-ethyl adjacent to an activating group) is 1. The second-order valence-corrected chi connectivity index (χ2v) is 5.37. The number of hydrogen-bond donors (Lipinski definition) is 1. The second-order valence-electron chi connectivity index (χ2n) is 5.37. The molecule has 5 nitrogen and oxygen atoms in total. The summed E-state index contributed by atoms with van der Waals surface area (Å²) in [4.78, 5) is 26.9. The molecule has 1 aromatic carbocycles. The number of hydrogen-bond acceptors (Lipinski definition) is 2. The summed E-state index contributed by atoms with van der Waals surface area (Å²) in [6, 6.07) is 7.22. The highest BCUT2D eigenvalue weighted by Crippen LogP contribution is 2.12. The number of benzene rings is 1. The summed E-state index contributed by atoms with van der Waals surface area (Å²) in [7, 11) is 5.20.